The molecule has 1 amide bonds. The highest BCUT2D eigenvalue weighted by atomic mass is 16.5. The van der Waals surface area contributed by atoms with Gasteiger partial charge >= 0.3 is 0 Å². The quantitative estimate of drug-likeness (QED) is 0.826. The first kappa shape index (κ1) is 16.7. The Labute approximate surface area is 145 Å². The van der Waals surface area contributed by atoms with E-state index in [0.29, 0.717) is 25.3 Å². The van der Waals surface area contributed by atoms with Crippen LogP contribution in [0.1, 0.15) is 19.0 Å². The number of carbonyl (C=O) groups is 1. The molecule has 2 heterocycles. The number of benzene rings is 1. The second kappa shape index (κ2) is 7.62. The molecule has 7 nitrogen and oxygen atoms in total. The molecule has 2 atom stereocenters. The minimum absolute atomic E-state index is 0.0883. The Hall–Kier alpha value is -3.14. The maximum atomic E-state index is 12.5. The largest absolute Gasteiger partial charge is 0.481 e. The van der Waals surface area contributed by atoms with Gasteiger partial charge in [-0.25, -0.2) is 9.97 Å². The van der Waals surface area contributed by atoms with E-state index in [1.807, 2.05) is 36.4 Å². The zero-order chi connectivity index (χ0) is 17.6. The van der Waals surface area contributed by atoms with Gasteiger partial charge in [-0.05, 0) is 19.1 Å². The number of hydrogen-bond acceptors (Lipinski definition) is 6. The van der Waals surface area contributed by atoms with Crippen molar-refractivity contribution in [3.63, 3.8) is 0 Å². The average molecular weight is 338 g/mol. The standard InChI is InChI=1S/C18H18N4O3/c1-13(24-14-5-3-2-4-6-14)18(23)22-10-7-15(12-22)25-17-16(11-19)20-8-9-21-17/h2-6,8-9,13,15H,7,10,12H2,1H3. The third-order valence-electron chi connectivity index (χ3n) is 3.91. The van der Waals surface area contributed by atoms with Gasteiger partial charge in [-0.3, -0.25) is 4.79 Å². The molecule has 1 aromatic carbocycles. The smallest absolute Gasteiger partial charge is 0.263 e. The summed E-state index contributed by atoms with van der Waals surface area (Å²) in [4.78, 5) is 22.2. The molecule has 0 saturated carbocycles. The van der Waals surface area contributed by atoms with Gasteiger partial charge < -0.3 is 14.4 Å². The van der Waals surface area contributed by atoms with Crippen molar-refractivity contribution in [2.24, 2.45) is 0 Å². The fourth-order valence-electron chi connectivity index (χ4n) is 2.68. The summed E-state index contributed by atoms with van der Waals surface area (Å²) in [5.41, 5.74) is 0.146. The third-order valence-corrected chi connectivity index (χ3v) is 3.91. The molecule has 0 aliphatic carbocycles. The molecule has 0 spiro atoms. The van der Waals surface area contributed by atoms with E-state index in [9.17, 15) is 4.79 Å². The number of carbonyl (C=O) groups excluding carboxylic acids is 1. The van der Waals surface area contributed by atoms with Gasteiger partial charge in [0.1, 0.15) is 17.9 Å². The van der Waals surface area contributed by atoms with Crippen molar-refractivity contribution >= 4 is 5.91 Å². The molecule has 1 aliphatic heterocycles. The lowest BCUT2D eigenvalue weighted by Crippen LogP contribution is -2.40. The van der Waals surface area contributed by atoms with Gasteiger partial charge in [0.05, 0.1) is 6.54 Å². The van der Waals surface area contributed by atoms with Crippen molar-refractivity contribution < 1.29 is 14.3 Å². The Kier molecular flexibility index (Phi) is 5.09. The first-order valence-electron chi connectivity index (χ1n) is 8.05. The van der Waals surface area contributed by atoms with Crippen LogP contribution in [0.3, 0.4) is 0 Å². The number of aromatic nitrogens is 2. The summed E-state index contributed by atoms with van der Waals surface area (Å²) in [6.07, 6.45) is 2.80. The Balaban J connectivity index is 1.57. The number of nitriles is 1. The number of ether oxygens (including phenoxy) is 2. The van der Waals surface area contributed by atoms with Crippen molar-refractivity contribution in [3.05, 3.63) is 48.4 Å². The molecule has 1 aromatic heterocycles. The first-order valence-corrected chi connectivity index (χ1v) is 8.05. The zero-order valence-corrected chi connectivity index (χ0v) is 13.8. The molecule has 0 N–H and O–H groups in total. The van der Waals surface area contributed by atoms with Gasteiger partial charge in [0.25, 0.3) is 11.8 Å². The lowest BCUT2D eigenvalue weighted by Gasteiger charge is -2.21. The highest BCUT2D eigenvalue weighted by Gasteiger charge is 2.31. The molecule has 25 heavy (non-hydrogen) atoms. The maximum absolute atomic E-state index is 12.5. The molecular weight excluding hydrogens is 320 g/mol. The lowest BCUT2D eigenvalue weighted by atomic mass is 10.3. The molecule has 2 unspecified atom stereocenters. The second-order valence-corrected chi connectivity index (χ2v) is 5.71. The summed E-state index contributed by atoms with van der Waals surface area (Å²) in [6, 6.07) is 11.2. The minimum atomic E-state index is -0.577. The molecule has 2 aromatic rings. The van der Waals surface area contributed by atoms with Gasteiger partial charge in [-0.2, -0.15) is 5.26 Å². The summed E-state index contributed by atoms with van der Waals surface area (Å²) >= 11 is 0. The van der Waals surface area contributed by atoms with E-state index in [0.717, 1.165) is 0 Å². The Bertz CT molecular complexity index is 775. The summed E-state index contributed by atoms with van der Waals surface area (Å²) in [5, 5.41) is 9.03. The predicted molar refractivity (Wildman–Crippen MR) is 88.9 cm³/mol. The van der Waals surface area contributed by atoms with Crippen LogP contribution in [0, 0.1) is 11.3 Å². The molecule has 0 bridgehead atoms. The zero-order valence-electron chi connectivity index (χ0n) is 13.8. The van der Waals surface area contributed by atoms with Crippen LogP contribution in [0.15, 0.2) is 42.7 Å². The van der Waals surface area contributed by atoms with Gasteiger partial charge in [0.2, 0.25) is 5.69 Å². The maximum Gasteiger partial charge on any atom is 0.263 e. The molecule has 1 aliphatic rings. The molecule has 1 fully saturated rings. The Morgan fingerprint density at radius 2 is 2.08 bits per heavy atom. The Morgan fingerprint density at radius 1 is 1.32 bits per heavy atom. The van der Waals surface area contributed by atoms with E-state index in [2.05, 4.69) is 9.97 Å². The summed E-state index contributed by atoms with van der Waals surface area (Å²) in [5.74, 6) is 0.779. The van der Waals surface area contributed by atoms with E-state index in [4.69, 9.17) is 14.7 Å². The van der Waals surface area contributed by atoms with Crippen LogP contribution in [-0.4, -0.2) is 46.1 Å². The molecular formula is C18H18N4O3. The highest BCUT2D eigenvalue weighted by Crippen LogP contribution is 2.20. The molecule has 1 saturated heterocycles. The molecule has 7 heteroatoms. The predicted octanol–water partition coefficient (Wildman–Crippen LogP) is 1.80. The van der Waals surface area contributed by atoms with Gasteiger partial charge in [0.15, 0.2) is 6.10 Å². The van der Waals surface area contributed by atoms with Crippen LogP contribution < -0.4 is 9.47 Å². The van der Waals surface area contributed by atoms with E-state index in [1.54, 1.807) is 11.8 Å². The first-order chi connectivity index (χ1) is 12.2. The van der Waals surface area contributed by atoms with Gasteiger partial charge in [-0.15, -0.1) is 0 Å². The minimum Gasteiger partial charge on any atom is -0.481 e. The fraction of sp³-hybridized carbons (Fsp3) is 0.333. The Morgan fingerprint density at radius 3 is 2.84 bits per heavy atom. The fourth-order valence-corrected chi connectivity index (χ4v) is 2.68. The molecule has 0 radical (unpaired) electrons. The van der Waals surface area contributed by atoms with E-state index < -0.39 is 6.10 Å². The number of para-hydroxylation sites is 1. The van der Waals surface area contributed by atoms with Crippen molar-refractivity contribution in [1.29, 1.82) is 5.26 Å². The second-order valence-electron chi connectivity index (χ2n) is 5.71. The summed E-state index contributed by atoms with van der Waals surface area (Å²) < 4.78 is 11.4. The van der Waals surface area contributed by atoms with Gasteiger partial charge in [0, 0.05) is 25.4 Å². The van der Waals surface area contributed by atoms with Crippen molar-refractivity contribution in [2.45, 2.75) is 25.6 Å². The van der Waals surface area contributed by atoms with Crippen LogP contribution in [0.25, 0.3) is 0 Å². The van der Waals surface area contributed by atoms with Crippen LogP contribution in [0.5, 0.6) is 11.6 Å². The topological polar surface area (TPSA) is 88.3 Å². The van der Waals surface area contributed by atoms with Gasteiger partial charge in [-0.1, -0.05) is 18.2 Å². The SMILES string of the molecule is CC(Oc1ccccc1)C(=O)N1CCC(Oc2nccnc2C#N)C1. The monoisotopic (exact) mass is 338 g/mol. The number of rotatable bonds is 5. The van der Waals surface area contributed by atoms with Crippen LogP contribution in [-0.2, 0) is 4.79 Å². The number of amides is 1. The normalized spacial score (nSPS) is 17.6. The number of hydrogen-bond donors (Lipinski definition) is 0. The van der Waals surface area contributed by atoms with Crippen LogP contribution >= 0.6 is 0 Å². The van der Waals surface area contributed by atoms with Crippen LogP contribution in [0.4, 0.5) is 0 Å². The number of likely N-dealkylation sites (tertiary alicyclic amines) is 1. The van der Waals surface area contributed by atoms with Crippen molar-refractivity contribution in [1.82, 2.24) is 14.9 Å². The summed E-state index contributed by atoms with van der Waals surface area (Å²) in [7, 11) is 0. The van der Waals surface area contributed by atoms with Crippen LogP contribution in [0.2, 0.25) is 0 Å². The van der Waals surface area contributed by atoms with Crippen molar-refractivity contribution in [2.75, 3.05) is 13.1 Å². The van der Waals surface area contributed by atoms with E-state index >= 15 is 0 Å². The summed E-state index contributed by atoms with van der Waals surface area (Å²) in [6.45, 7) is 2.75. The highest BCUT2D eigenvalue weighted by molar-refractivity contribution is 5.81. The van der Waals surface area contributed by atoms with E-state index in [1.165, 1.54) is 12.4 Å². The average Bonchev–Trinajstić information content (AvgIpc) is 3.11. The van der Waals surface area contributed by atoms with E-state index in [-0.39, 0.29) is 23.6 Å². The lowest BCUT2D eigenvalue weighted by molar-refractivity contribution is -0.137. The molecule has 128 valence electrons. The third kappa shape index (κ3) is 4.04. The number of nitrogens with zero attached hydrogens (tertiary/aromatic N) is 4. The molecule has 3 rings (SSSR count). The van der Waals surface area contributed by atoms with Crippen molar-refractivity contribution in [3.8, 4) is 17.7 Å².